The van der Waals surface area contributed by atoms with Gasteiger partial charge in [0.15, 0.2) is 0 Å². The molecule has 1 rings (SSSR count). The van der Waals surface area contributed by atoms with Crippen LogP contribution in [0.1, 0.15) is 12.5 Å². The molecule has 0 fully saturated rings. The third-order valence-corrected chi connectivity index (χ3v) is 1.48. The number of nitrogens with zero attached hydrogens (tertiary/aromatic N) is 1. The third-order valence-electron chi connectivity index (χ3n) is 1.48. The van der Waals surface area contributed by atoms with Crippen LogP contribution in [0.4, 0.5) is 0 Å². The number of benzene rings is 1. The molecular formula is C10H7NO3. The Morgan fingerprint density at radius 1 is 1.29 bits per heavy atom. The van der Waals surface area contributed by atoms with Gasteiger partial charge in [0.2, 0.25) is 5.78 Å². The van der Waals surface area contributed by atoms with E-state index < -0.39 is 11.8 Å². The standard InChI is InChI=1S/C10H7NO3/c1-7(12)10(13)14-9-4-2-8(6-11)3-5-9/h2-5H,1H3. The molecule has 0 amide bonds. The smallest absolute Gasteiger partial charge is 0.379 e. The number of carbonyl (C=O) groups is 2. The van der Waals surface area contributed by atoms with Gasteiger partial charge in [-0.2, -0.15) is 5.26 Å². The molecule has 0 saturated heterocycles. The maximum absolute atomic E-state index is 10.8. The van der Waals surface area contributed by atoms with Crippen molar-refractivity contribution in [1.29, 1.82) is 5.26 Å². The van der Waals surface area contributed by atoms with E-state index in [1.165, 1.54) is 24.3 Å². The third kappa shape index (κ3) is 2.42. The van der Waals surface area contributed by atoms with E-state index in [0.29, 0.717) is 5.56 Å². The average Bonchev–Trinajstić information content (AvgIpc) is 2.19. The van der Waals surface area contributed by atoms with Crippen LogP contribution in [0.5, 0.6) is 5.75 Å². The summed E-state index contributed by atoms with van der Waals surface area (Å²) in [5.41, 5.74) is 0.465. The highest BCUT2D eigenvalue weighted by atomic mass is 16.5. The topological polar surface area (TPSA) is 67.2 Å². The number of nitriles is 1. The Kier molecular flexibility index (Phi) is 2.97. The first kappa shape index (κ1) is 9.93. The average molecular weight is 189 g/mol. The van der Waals surface area contributed by atoms with E-state index in [9.17, 15) is 9.59 Å². The van der Waals surface area contributed by atoms with Crippen molar-refractivity contribution < 1.29 is 14.3 Å². The van der Waals surface area contributed by atoms with Gasteiger partial charge in [0.1, 0.15) is 5.75 Å². The van der Waals surface area contributed by atoms with Gasteiger partial charge in [-0.15, -0.1) is 0 Å². The maximum Gasteiger partial charge on any atom is 0.379 e. The molecule has 4 nitrogen and oxygen atoms in total. The molecule has 0 atom stereocenters. The normalized spacial score (nSPS) is 8.86. The molecular weight excluding hydrogens is 182 g/mol. The fourth-order valence-corrected chi connectivity index (χ4v) is 0.776. The Morgan fingerprint density at radius 3 is 2.29 bits per heavy atom. The quantitative estimate of drug-likeness (QED) is 0.396. The minimum Gasteiger partial charge on any atom is -0.421 e. The van der Waals surface area contributed by atoms with Crippen molar-refractivity contribution in [2.45, 2.75) is 6.92 Å². The molecule has 0 bridgehead atoms. The number of Topliss-reactive ketones (excluding diaryl/α,β-unsaturated/α-hetero) is 1. The minimum atomic E-state index is -0.908. The van der Waals surface area contributed by atoms with Gasteiger partial charge in [0.05, 0.1) is 11.6 Å². The second-order valence-electron chi connectivity index (χ2n) is 2.58. The first-order valence-electron chi connectivity index (χ1n) is 3.86. The lowest BCUT2D eigenvalue weighted by Gasteiger charge is -2.00. The van der Waals surface area contributed by atoms with Crippen molar-refractivity contribution in [3.05, 3.63) is 29.8 Å². The molecule has 0 aliphatic heterocycles. The highest BCUT2D eigenvalue weighted by Crippen LogP contribution is 2.11. The van der Waals surface area contributed by atoms with Crippen LogP contribution in [0.2, 0.25) is 0 Å². The molecule has 0 heterocycles. The van der Waals surface area contributed by atoms with Crippen molar-refractivity contribution in [3.8, 4) is 11.8 Å². The van der Waals surface area contributed by atoms with Crippen LogP contribution < -0.4 is 4.74 Å². The lowest BCUT2D eigenvalue weighted by molar-refractivity contribution is -0.146. The number of carbonyl (C=O) groups excluding carboxylic acids is 2. The number of ether oxygens (including phenoxy) is 1. The molecule has 0 radical (unpaired) electrons. The summed E-state index contributed by atoms with van der Waals surface area (Å²) in [6.45, 7) is 1.13. The van der Waals surface area contributed by atoms with Crippen LogP contribution >= 0.6 is 0 Å². The minimum absolute atomic E-state index is 0.254. The molecule has 0 aliphatic rings. The fraction of sp³-hybridized carbons (Fsp3) is 0.100. The van der Waals surface area contributed by atoms with Crippen molar-refractivity contribution in [1.82, 2.24) is 0 Å². The van der Waals surface area contributed by atoms with Gasteiger partial charge in [0.25, 0.3) is 0 Å². The molecule has 0 spiro atoms. The summed E-state index contributed by atoms with van der Waals surface area (Å²) in [4.78, 5) is 21.4. The van der Waals surface area contributed by atoms with Crippen molar-refractivity contribution in [3.63, 3.8) is 0 Å². The Labute approximate surface area is 80.7 Å². The summed E-state index contributed by atoms with van der Waals surface area (Å²) in [5.74, 6) is -1.31. The lowest BCUT2D eigenvalue weighted by atomic mass is 10.2. The van der Waals surface area contributed by atoms with Gasteiger partial charge >= 0.3 is 5.97 Å². The largest absolute Gasteiger partial charge is 0.421 e. The molecule has 0 aromatic heterocycles. The Bertz CT molecular complexity index is 400. The Balaban J connectivity index is 2.75. The number of rotatable bonds is 2. The van der Waals surface area contributed by atoms with Gasteiger partial charge in [-0.1, -0.05) is 0 Å². The van der Waals surface area contributed by atoms with Gasteiger partial charge in [0, 0.05) is 6.92 Å². The summed E-state index contributed by atoms with van der Waals surface area (Å²) < 4.78 is 4.68. The highest BCUT2D eigenvalue weighted by molar-refractivity contribution is 6.33. The van der Waals surface area contributed by atoms with Crippen LogP contribution in [-0.4, -0.2) is 11.8 Å². The predicted octanol–water partition coefficient (Wildman–Crippen LogP) is 1.05. The van der Waals surface area contributed by atoms with E-state index >= 15 is 0 Å². The first-order valence-corrected chi connectivity index (χ1v) is 3.86. The number of ketones is 1. The van der Waals surface area contributed by atoms with E-state index in [1.54, 1.807) is 0 Å². The molecule has 0 unspecified atom stereocenters. The number of esters is 1. The molecule has 0 N–H and O–H groups in total. The molecule has 0 saturated carbocycles. The summed E-state index contributed by atoms with van der Waals surface area (Å²) in [6, 6.07) is 7.84. The van der Waals surface area contributed by atoms with E-state index in [2.05, 4.69) is 4.74 Å². The second-order valence-corrected chi connectivity index (χ2v) is 2.58. The zero-order chi connectivity index (χ0) is 10.6. The first-order chi connectivity index (χ1) is 6.63. The van der Waals surface area contributed by atoms with Crippen LogP contribution in [0.15, 0.2) is 24.3 Å². The molecule has 1 aromatic rings. The van der Waals surface area contributed by atoms with E-state index in [1.807, 2.05) is 6.07 Å². The zero-order valence-corrected chi connectivity index (χ0v) is 7.48. The van der Waals surface area contributed by atoms with Crippen molar-refractivity contribution >= 4 is 11.8 Å². The Morgan fingerprint density at radius 2 is 1.86 bits per heavy atom. The van der Waals surface area contributed by atoms with Crippen molar-refractivity contribution in [2.24, 2.45) is 0 Å². The fourth-order valence-electron chi connectivity index (χ4n) is 0.776. The molecule has 14 heavy (non-hydrogen) atoms. The van der Waals surface area contributed by atoms with Crippen LogP contribution in [-0.2, 0) is 9.59 Å². The molecule has 70 valence electrons. The monoisotopic (exact) mass is 189 g/mol. The van der Waals surface area contributed by atoms with Gasteiger partial charge in [-0.25, -0.2) is 4.79 Å². The lowest BCUT2D eigenvalue weighted by Crippen LogP contribution is -2.16. The molecule has 4 heteroatoms. The highest BCUT2D eigenvalue weighted by Gasteiger charge is 2.09. The van der Waals surface area contributed by atoms with Crippen LogP contribution in [0.3, 0.4) is 0 Å². The van der Waals surface area contributed by atoms with E-state index in [-0.39, 0.29) is 5.75 Å². The van der Waals surface area contributed by atoms with Crippen LogP contribution in [0.25, 0.3) is 0 Å². The van der Waals surface area contributed by atoms with E-state index in [4.69, 9.17) is 5.26 Å². The second kappa shape index (κ2) is 4.19. The summed E-state index contributed by atoms with van der Waals surface area (Å²) in [7, 11) is 0. The number of hydrogen-bond acceptors (Lipinski definition) is 4. The molecule has 1 aromatic carbocycles. The molecule has 0 aliphatic carbocycles. The summed E-state index contributed by atoms with van der Waals surface area (Å²) >= 11 is 0. The van der Waals surface area contributed by atoms with Gasteiger partial charge < -0.3 is 4.74 Å². The summed E-state index contributed by atoms with van der Waals surface area (Å²) in [6.07, 6.45) is 0. The van der Waals surface area contributed by atoms with E-state index in [0.717, 1.165) is 6.92 Å². The predicted molar refractivity (Wildman–Crippen MR) is 47.5 cm³/mol. The van der Waals surface area contributed by atoms with Crippen molar-refractivity contribution in [2.75, 3.05) is 0 Å². The summed E-state index contributed by atoms with van der Waals surface area (Å²) in [5, 5.41) is 8.49. The maximum atomic E-state index is 10.8. The zero-order valence-electron chi connectivity index (χ0n) is 7.48. The SMILES string of the molecule is CC(=O)C(=O)Oc1ccc(C#N)cc1. The van der Waals surface area contributed by atoms with Crippen LogP contribution in [0, 0.1) is 11.3 Å². The van der Waals surface area contributed by atoms with Gasteiger partial charge in [-0.05, 0) is 24.3 Å². The Hall–Kier alpha value is -2.15. The van der Waals surface area contributed by atoms with Gasteiger partial charge in [-0.3, -0.25) is 4.79 Å². The number of hydrogen-bond donors (Lipinski definition) is 0.